The summed E-state index contributed by atoms with van der Waals surface area (Å²) in [4.78, 5) is 14.0. The van der Waals surface area contributed by atoms with Crippen LogP contribution < -0.4 is 5.32 Å². The van der Waals surface area contributed by atoms with Gasteiger partial charge >= 0.3 is 0 Å². The van der Waals surface area contributed by atoms with Gasteiger partial charge in [0.15, 0.2) is 5.69 Å². The molecule has 1 atom stereocenters. The van der Waals surface area contributed by atoms with Crippen molar-refractivity contribution in [1.82, 2.24) is 20.4 Å². The van der Waals surface area contributed by atoms with Crippen LogP contribution in [0.15, 0.2) is 0 Å². The molecule has 1 aromatic rings. The first-order chi connectivity index (χ1) is 9.08. The maximum Gasteiger partial charge on any atom is 0.273 e. The highest BCUT2D eigenvalue weighted by molar-refractivity contribution is 6.34. The Morgan fingerprint density at radius 2 is 2.26 bits per heavy atom. The topological polar surface area (TPSA) is 81.2 Å². The Bertz CT molecular complexity index is 443. The Balaban J connectivity index is 1.78. The van der Waals surface area contributed by atoms with Crippen molar-refractivity contribution < 1.29 is 9.90 Å². The zero-order valence-electron chi connectivity index (χ0n) is 10.9. The molecule has 3 N–H and O–H groups in total. The van der Waals surface area contributed by atoms with Crippen molar-refractivity contribution in [2.45, 2.75) is 25.9 Å². The fraction of sp³-hybridized carbons (Fsp3) is 0.667. The maximum absolute atomic E-state index is 11.8. The number of aryl methyl sites for hydroxylation is 1. The molecule has 0 aromatic carbocycles. The zero-order chi connectivity index (χ0) is 13.8. The summed E-state index contributed by atoms with van der Waals surface area (Å²) in [5.74, 6) is -0.366. The molecule has 2 heterocycles. The van der Waals surface area contributed by atoms with Crippen LogP contribution in [0.25, 0.3) is 0 Å². The molecule has 106 valence electrons. The monoisotopic (exact) mass is 286 g/mol. The van der Waals surface area contributed by atoms with Gasteiger partial charge in [0.1, 0.15) is 0 Å². The Morgan fingerprint density at radius 3 is 2.84 bits per heavy atom. The van der Waals surface area contributed by atoms with Crippen LogP contribution in [0.2, 0.25) is 5.02 Å². The number of hydrogen-bond donors (Lipinski definition) is 3. The number of β-amino-alcohol motifs (C(OH)–C–C–N with tert-alkyl or cyclic N) is 1. The standard InChI is InChI=1S/C12H19ClN4O2/c1-8-10(13)11(16-15-8)12(19)14-6-9(18)7-17-4-2-3-5-17/h9,18H,2-7H2,1H3,(H,14,19)(H,15,16). The van der Waals surface area contributed by atoms with Crippen molar-refractivity contribution >= 4 is 17.5 Å². The molecular weight excluding hydrogens is 268 g/mol. The number of aromatic amines is 1. The van der Waals surface area contributed by atoms with Gasteiger partial charge in [-0.1, -0.05) is 11.6 Å². The van der Waals surface area contributed by atoms with Gasteiger partial charge in [-0.25, -0.2) is 0 Å². The van der Waals surface area contributed by atoms with E-state index in [0.29, 0.717) is 17.3 Å². The lowest BCUT2D eigenvalue weighted by molar-refractivity contribution is 0.0875. The van der Waals surface area contributed by atoms with Gasteiger partial charge in [0.2, 0.25) is 0 Å². The largest absolute Gasteiger partial charge is 0.390 e. The first-order valence-electron chi connectivity index (χ1n) is 6.47. The van der Waals surface area contributed by atoms with E-state index in [1.165, 1.54) is 12.8 Å². The van der Waals surface area contributed by atoms with Crippen molar-refractivity contribution in [3.05, 3.63) is 16.4 Å². The smallest absolute Gasteiger partial charge is 0.273 e. The van der Waals surface area contributed by atoms with Crippen LogP contribution in [0.1, 0.15) is 29.0 Å². The summed E-state index contributed by atoms with van der Waals surface area (Å²) >= 11 is 5.93. The van der Waals surface area contributed by atoms with E-state index in [1.54, 1.807) is 6.92 Å². The first-order valence-corrected chi connectivity index (χ1v) is 6.85. The van der Waals surface area contributed by atoms with E-state index in [0.717, 1.165) is 13.1 Å². The van der Waals surface area contributed by atoms with E-state index in [1.807, 2.05) is 0 Å². The highest BCUT2D eigenvalue weighted by Crippen LogP contribution is 2.16. The summed E-state index contributed by atoms with van der Waals surface area (Å²) in [6.45, 7) is 4.59. The lowest BCUT2D eigenvalue weighted by atomic mass is 10.3. The number of aromatic nitrogens is 2. The van der Waals surface area contributed by atoms with Crippen molar-refractivity contribution in [2.24, 2.45) is 0 Å². The second kappa shape index (κ2) is 6.36. The average molecular weight is 287 g/mol. The lowest BCUT2D eigenvalue weighted by Crippen LogP contribution is -2.39. The van der Waals surface area contributed by atoms with E-state index >= 15 is 0 Å². The van der Waals surface area contributed by atoms with Gasteiger partial charge in [0.25, 0.3) is 5.91 Å². The van der Waals surface area contributed by atoms with E-state index < -0.39 is 6.10 Å². The summed E-state index contributed by atoms with van der Waals surface area (Å²) < 4.78 is 0. The summed E-state index contributed by atoms with van der Waals surface area (Å²) in [7, 11) is 0. The number of nitrogens with zero attached hydrogens (tertiary/aromatic N) is 2. The molecule has 0 radical (unpaired) electrons. The van der Waals surface area contributed by atoms with Crippen LogP contribution in [-0.2, 0) is 0 Å². The molecule has 1 aliphatic rings. The fourth-order valence-corrected chi connectivity index (χ4v) is 2.36. The van der Waals surface area contributed by atoms with E-state index in [4.69, 9.17) is 11.6 Å². The molecule has 1 saturated heterocycles. The molecule has 1 unspecified atom stereocenters. The molecule has 0 saturated carbocycles. The van der Waals surface area contributed by atoms with Crippen LogP contribution in [0.4, 0.5) is 0 Å². The van der Waals surface area contributed by atoms with Gasteiger partial charge in [-0.3, -0.25) is 9.89 Å². The van der Waals surface area contributed by atoms with Crippen LogP contribution in [0, 0.1) is 6.92 Å². The van der Waals surface area contributed by atoms with E-state index in [-0.39, 0.29) is 18.1 Å². The average Bonchev–Trinajstić information content (AvgIpc) is 2.99. The third kappa shape index (κ3) is 3.68. The molecule has 0 bridgehead atoms. The van der Waals surface area contributed by atoms with Crippen LogP contribution in [0.5, 0.6) is 0 Å². The summed E-state index contributed by atoms with van der Waals surface area (Å²) in [6, 6.07) is 0. The van der Waals surface area contributed by atoms with E-state index in [2.05, 4.69) is 20.4 Å². The van der Waals surface area contributed by atoms with Crippen molar-refractivity contribution in [3.8, 4) is 0 Å². The molecule has 1 aliphatic heterocycles. The van der Waals surface area contributed by atoms with Gasteiger partial charge in [-0.15, -0.1) is 0 Å². The molecule has 1 aromatic heterocycles. The minimum Gasteiger partial charge on any atom is -0.390 e. The van der Waals surface area contributed by atoms with Crippen molar-refractivity contribution in [3.63, 3.8) is 0 Å². The molecule has 7 heteroatoms. The number of rotatable bonds is 5. The number of halogens is 1. The first kappa shape index (κ1) is 14.3. The number of H-pyrrole nitrogens is 1. The molecule has 19 heavy (non-hydrogen) atoms. The zero-order valence-corrected chi connectivity index (χ0v) is 11.7. The summed E-state index contributed by atoms with van der Waals surface area (Å²) in [6.07, 6.45) is 1.79. The van der Waals surface area contributed by atoms with E-state index in [9.17, 15) is 9.90 Å². The van der Waals surface area contributed by atoms with Gasteiger partial charge in [-0.05, 0) is 32.9 Å². The lowest BCUT2D eigenvalue weighted by Gasteiger charge is -2.19. The van der Waals surface area contributed by atoms with Gasteiger partial charge in [0, 0.05) is 13.1 Å². The number of carbonyl (C=O) groups excluding carboxylic acids is 1. The molecule has 2 rings (SSSR count). The Morgan fingerprint density at radius 1 is 1.58 bits per heavy atom. The Hall–Kier alpha value is -1.11. The van der Waals surface area contributed by atoms with Crippen LogP contribution in [0.3, 0.4) is 0 Å². The molecule has 1 amide bonds. The highest BCUT2D eigenvalue weighted by atomic mass is 35.5. The third-order valence-electron chi connectivity index (χ3n) is 3.25. The molecule has 0 spiro atoms. The minimum absolute atomic E-state index is 0.174. The van der Waals surface area contributed by atoms with Gasteiger partial charge in [-0.2, -0.15) is 5.10 Å². The van der Waals surface area contributed by atoms with Crippen molar-refractivity contribution in [2.75, 3.05) is 26.2 Å². The Labute approximate surface area is 117 Å². The summed E-state index contributed by atoms with van der Waals surface area (Å²) in [5, 5.41) is 19.3. The van der Waals surface area contributed by atoms with Crippen molar-refractivity contribution in [1.29, 1.82) is 0 Å². The molecule has 0 aliphatic carbocycles. The third-order valence-corrected chi connectivity index (χ3v) is 3.72. The fourth-order valence-electron chi connectivity index (χ4n) is 2.19. The second-order valence-corrected chi connectivity index (χ2v) is 5.26. The van der Waals surface area contributed by atoms with Gasteiger partial charge in [0.05, 0.1) is 16.8 Å². The number of nitrogens with one attached hydrogen (secondary N) is 2. The second-order valence-electron chi connectivity index (χ2n) is 4.88. The number of likely N-dealkylation sites (tertiary alicyclic amines) is 1. The number of carbonyl (C=O) groups is 1. The normalized spacial score (nSPS) is 17.6. The molecule has 6 nitrogen and oxygen atoms in total. The quantitative estimate of drug-likeness (QED) is 0.739. The predicted molar refractivity (Wildman–Crippen MR) is 72.3 cm³/mol. The minimum atomic E-state index is -0.569. The Kier molecular flexibility index (Phi) is 4.79. The highest BCUT2D eigenvalue weighted by Gasteiger charge is 2.19. The maximum atomic E-state index is 11.8. The number of amides is 1. The predicted octanol–water partition coefficient (Wildman–Crippen LogP) is 0.558. The summed E-state index contributed by atoms with van der Waals surface area (Å²) in [5.41, 5.74) is 0.831. The van der Waals surface area contributed by atoms with Gasteiger partial charge < -0.3 is 15.3 Å². The number of aliphatic hydroxyl groups is 1. The molecule has 1 fully saturated rings. The van der Waals surface area contributed by atoms with Crippen LogP contribution in [-0.4, -0.2) is 58.4 Å². The number of hydrogen-bond acceptors (Lipinski definition) is 4. The SMILES string of the molecule is Cc1[nH]nc(C(=O)NCC(O)CN2CCCC2)c1Cl. The molecular formula is C12H19ClN4O2. The van der Waals surface area contributed by atoms with Crippen LogP contribution >= 0.6 is 11.6 Å². The number of aliphatic hydroxyl groups excluding tert-OH is 1.